The van der Waals surface area contributed by atoms with E-state index < -0.39 is 0 Å². The van der Waals surface area contributed by atoms with Gasteiger partial charge < -0.3 is 9.80 Å². The maximum absolute atomic E-state index is 2.43. The van der Waals surface area contributed by atoms with Crippen LogP contribution in [0.15, 0.2) is 59.5 Å². The average Bonchev–Trinajstić information content (AvgIpc) is 2.84. The van der Waals surface area contributed by atoms with Crippen molar-refractivity contribution < 1.29 is 0 Å². The summed E-state index contributed by atoms with van der Waals surface area (Å²) in [6.45, 7) is 24.4. The minimum Gasteiger partial charge on any atom is -0.372 e. The number of rotatable bonds is 11. The number of hydrogen-bond acceptors (Lipinski definition) is 3. The van der Waals surface area contributed by atoms with Crippen molar-refractivity contribution >= 4 is 23.1 Å². The van der Waals surface area contributed by atoms with Gasteiger partial charge in [-0.05, 0) is 112 Å². The van der Waals surface area contributed by atoms with Crippen LogP contribution < -0.4 is 9.80 Å². The van der Waals surface area contributed by atoms with Crippen molar-refractivity contribution in [2.45, 2.75) is 78.4 Å². The van der Waals surface area contributed by atoms with Crippen LogP contribution in [0.5, 0.6) is 0 Å². The van der Waals surface area contributed by atoms with E-state index in [9.17, 15) is 0 Å². The van der Waals surface area contributed by atoms with Gasteiger partial charge in [-0.3, -0.25) is 0 Å². The molecule has 3 rings (SSSR count). The molecule has 0 fully saturated rings. The standard InChI is InChI=1S/C33H46N2S/c1-10-34(11-2)28-15-17-30(24(7)21-28)33(27-14-19-32(26(9)20-27)36-23(5)6)31-18-16-29(22-25(31)8)35(12-3)13-4/h14-23,33H,10-13H2,1-9H3. The van der Waals surface area contributed by atoms with Gasteiger partial charge in [-0.1, -0.05) is 38.1 Å². The van der Waals surface area contributed by atoms with Crippen molar-refractivity contribution in [1.29, 1.82) is 0 Å². The van der Waals surface area contributed by atoms with Gasteiger partial charge in [0.25, 0.3) is 0 Å². The molecule has 3 aromatic carbocycles. The second-order valence-electron chi connectivity index (χ2n) is 10.1. The minimum atomic E-state index is 0.207. The van der Waals surface area contributed by atoms with Gasteiger partial charge in [0.1, 0.15) is 0 Å². The van der Waals surface area contributed by atoms with Crippen LogP contribution in [-0.4, -0.2) is 31.4 Å². The van der Waals surface area contributed by atoms with E-state index >= 15 is 0 Å². The Morgan fingerprint density at radius 1 is 0.611 bits per heavy atom. The fraction of sp³-hybridized carbons (Fsp3) is 0.455. The third kappa shape index (κ3) is 6.29. The fourth-order valence-corrected chi connectivity index (χ4v) is 6.20. The van der Waals surface area contributed by atoms with Crippen LogP contribution >= 0.6 is 11.8 Å². The maximum Gasteiger partial charge on any atom is 0.0368 e. The van der Waals surface area contributed by atoms with Crippen LogP contribution in [0.4, 0.5) is 11.4 Å². The van der Waals surface area contributed by atoms with Crippen LogP contribution in [0.3, 0.4) is 0 Å². The third-order valence-corrected chi connectivity index (χ3v) is 8.46. The average molecular weight is 503 g/mol. The Labute approximate surface area is 225 Å². The molecule has 0 amide bonds. The number of nitrogens with zero attached hydrogens (tertiary/aromatic N) is 2. The lowest BCUT2D eigenvalue weighted by atomic mass is 9.80. The summed E-state index contributed by atoms with van der Waals surface area (Å²) in [7, 11) is 0. The monoisotopic (exact) mass is 502 g/mol. The van der Waals surface area contributed by atoms with E-state index in [1.807, 2.05) is 11.8 Å². The lowest BCUT2D eigenvalue weighted by Gasteiger charge is -2.28. The van der Waals surface area contributed by atoms with Crippen LogP contribution in [0.25, 0.3) is 0 Å². The van der Waals surface area contributed by atoms with E-state index in [-0.39, 0.29) is 5.92 Å². The van der Waals surface area contributed by atoms with Gasteiger partial charge in [0.2, 0.25) is 0 Å². The summed E-state index contributed by atoms with van der Waals surface area (Å²) in [5, 5.41) is 0.579. The summed E-state index contributed by atoms with van der Waals surface area (Å²) in [5.74, 6) is 0.207. The SMILES string of the molecule is CCN(CC)c1ccc(C(c2ccc(SC(C)C)c(C)c2)c2ccc(N(CC)CC)cc2C)c(C)c1. The van der Waals surface area contributed by atoms with Gasteiger partial charge in [-0.2, -0.15) is 0 Å². The minimum absolute atomic E-state index is 0.207. The van der Waals surface area contributed by atoms with Crippen molar-refractivity contribution in [3.05, 3.63) is 88.0 Å². The Kier molecular flexibility index (Phi) is 9.96. The molecule has 36 heavy (non-hydrogen) atoms. The van der Waals surface area contributed by atoms with Crippen molar-refractivity contribution in [1.82, 2.24) is 0 Å². The molecule has 0 saturated heterocycles. The first-order valence-corrected chi connectivity index (χ1v) is 14.6. The molecule has 0 heterocycles. The maximum atomic E-state index is 2.43. The molecule has 3 aromatic rings. The zero-order valence-corrected chi connectivity index (χ0v) is 24.8. The number of thioether (sulfide) groups is 1. The highest BCUT2D eigenvalue weighted by molar-refractivity contribution is 8.00. The number of benzene rings is 3. The molecule has 0 unspecified atom stereocenters. The topological polar surface area (TPSA) is 6.48 Å². The smallest absolute Gasteiger partial charge is 0.0368 e. The number of anilines is 2. The summed E-state index contributed by atoms with van der Waals surface area (Å²) >= 11 is 1.95. The zero-order valence-electron chi connectivity index (χ0n) is 24.0. The molecule has 0 radical (unpaired) electrons. The van der Waals surface area contributed by atoms with Crippen LogP contribution in [0.1, 0.15) is 80.8 Å². The molecular weight excluding hydrogens is 456 g/mol. The predicted molar refractivity (Wildman–Crippen MR) is 163 cm³/mol. The molecule has 2 nitrogen and oxygen atoms in total. The van der Waals surface area contributed by atoms with Crippen LogP contribution in [0, 0.1) is 20.8 Å². The first kappa shape index (κ1) is 28.2. The van der Waals surface area contributed by atoms with E-state index in [1.54, 1.807) is 0 Å². The summed E-state index contributed by atoms with van der Waals surface area (Å²) in [5.41, 5.74) is 10.9. The Balaban J connectivity index is 2.17. The molecule has 0 spiro atoms. The Morgan fingerprint density at radius 3 is 1.44 bits per heavy atom. The quantitative estimate of drug-likeness (QED) is 0.191. The van der Waals surface area contributed by atoms with Gasteiger partial charge >= 0.3 is 0 Å². The summed E-state index contributed by atoms with van der Waals surface area (Å²) in [4.78, 5) is 6.24. The highest BCUT2D eigenvalue weighted by atomic mass is 32.2. The Bertz CT molecular complexity index is 1080. The Hall–Kier alpha value is -2.39. The van der Waals surface area contributed by atoms with E-state index in [4.69, 9.17) is 0 Å². The van der Waals surface area contributed by atoms with Gasteiger partial charge in [0.15, 0.2) is 0 Å². The first-order valence-electron chi connectivity index (χ1n) is 13.7. The zero-order chi connectivity index (χ0) is 26.4. The summed E-state index contributed by atoms with van der Waals surface area (Å²) in [6, 6.07) is 21.3. The molecule has 0 aliphatic carbocycles. The molecule has 194 valence electrons. The first-order chi connectivity index (χ1) is 17.2. The van der Waals surface area contributed by atoms with E-state index in [0.717, 1.165) is 26.2 Å². The summed E-state index contributed by atoms with van der Waals surface area (Å²) in [6.07, 6.45) is 0. The molecule has 0 N–H and O–H groups in total. The van der Waals surface area contributed by atoms with Crippen molar-refractivity contribution in [3.63, 3.8) is 0 Å². The highest BCUT2D eigenvalue weighted by Gasteiger charge is 2.22. The fourth-order valence-electron chi connectivity index (χ4n) is 5.30. The van der Waals surface area contributed by atoms with Gasteiger partial charge in [0.05, 0.1) is 0 Å². The lowest BCUT2D eigenvalue weighted by Crippen LogP contribution is -2.22. The molecule has 0 bridgehead atoms. The predicted octanol–water partition coefficient (Wildman–Crippen LogP) is 8.98. The van der Waals surface area contributed by atoms with Gasteiger partial charge in [0, 0.05) is 53.6 Å². The third-order valence-electron chi connectivity index (χ3n) is 7.28. The molecule has 0 aromatic heterocycles. The number of aryl methyl sites for hydroxylation is 3. The number of hydrogen-bond donors (Lipinski definition) is 0. The lowest BCUT2D eigenvalue weighted by molar-refractivity contribution is 0.859. The second kappa shape index (κ2) is 12.7. The van der Waals surface area contributed by atoms with Gasteiger partial charge in [-0.25, -0.2) is 0 Å². The molecule has 0 atom stereocenters. The van der Waals surface area contributed by atoms with E-state index in [2.05, 4.69) is 127 Å². The molecular formula is C33H46N2S. The van der Waals surface area contributed by atoms with E-state index in [0.29, 0.717) is 5.25 Å². The molecule has 3 heteroatoms. The van der Waals surface area contributed by atoms with Crippen LogP contribution in [-0.2, 0) is 0 Å². The molecule has 0 aliphatic heterocycles. The van der Waals surface area contributed by atoms with Gasteiger partial charge in [-0.15, -0.1) is 11.8 Å². The molecule has 0 saturated carbocycles. The summed E-state index contributed by atoms with van der Waals surface area (Å²) < 4.78 is 0. The Morgan fingerprint density at radius 2 is 1.08 bits per heavy atom. The van der Waals surface area contributed by atoms with Crippen molar-refractivity contribution in [2.75, 3.05) is 36.0 Å². The van der Waals surface area contributed by atoms with E-state index in [1.165, 1.54) is 49.7 Å². The largest absolute Gasteiger partial charge is 0.372 e. The van der Waals surface area contributed by atoms with Crippen LogP contribution in [0.2, 0.25) is 0 Å². The molecule has 0 aliphatic rings. The highest BCUT2D eigenvalue weighted by Crippen LogP contribution is 2.39. The second-order valence-corrected chi connectivity index (χ2v) is 11.7. The van der Waals surface area contributed by atoms with Crippen molar-refractivity contribution in [2.24, 2.45) is 0 Å². The normalized spacial score (nSPS) is 11.4. The van der Waals surface area contributed by atoms with Crippen molar-refractivity contribution in [3.8, 4) is 0 Å².